The molecule has 0 saturated heterocycles. The van der Waals surface area contributed by atoms with Crippen LogP contribution in [0.15, 0.2) is 53.6 Å². The standard InChI is InChI=1S/C15H14FN3O2S/c16-12-2-4-13(5-3-12)22(20,21)10-9-17-14-6-1-11-7-8-18-15(11)19-14/h1-8H,9-10H2,(H2,17,18,19). The molecule has 22 heavy (non-hydrogen) atoms. The maximum atomic E-state index is 12.8. The lowest BCUT2D eigenvalue weighted by Crippen LogP contribution is -2.16. The number of benzene rings is 1. The van der Waals surface area contributed by atoms with Gasteiger partial charge in [-0.15, -0.1) is 0 Å². The van der Waals surface area contributed by atoms with E-state index in [-0.39, 0.29) is 17.2 Å². The second-order valence-corrected chi connectivity index (χ2v) is 6.92. The van der Waals surface area contributed by atoms with E-state index < -0.39 is 15.7 Å². The van der Waals surface area contributed by atoms with Crippen LogP contribution in [0.2, 0.25) is 0 Å². The number of hydrogen-bond acceptors (Lipinski definition) is 4. The average molecular weight is 319 g/mol. The number of anilines is 1. The van der Waals surface area contributed by atoms with Crippen LogP contribution in [0.3, 0.4) is 0 Å². The monoisotopic (exact) mass is 319 g/mol. The lowest BCUT2D eigenvalue weighted by Gasteiger charge is -2.07. The third-order valence-electron chi connectivity index (χ3n) is 3.26. The minimum Gasteiger partial charge on any atom is -0.369 e. The zero-order valence-corrected chi connectivity index (χ0v) is 12.4. The molecule has 0 saturated carbocycles. The van der Waals surface area contributed by atoms with Gasteiger partial charge in [0, 0.05) is 18.1 Å². The average Bonchev–Trinajstić information content (AvgIpc) is 2.95. The molecule has 2 N–H and O–H groups in total. The summed E-state index contributed by atoms with van der Waals surface area (Å²) in [6, 6.07) is 10.4. The van der Waals surface area contributed by atoms with E-state index in [0.29, 0.717) is 5.82 Å². The number of H-pyrrole nitrogens is 1. The number of sulfone groups is 1. The van der Waals surface area contributed by atoms with Crippen molar-refractivity contribution in [2.45, 2.75) is 4.90 Å². The molecule has 0 amide bonds. The Bertz CT molecular complexity index is 889. The molecule has 7 heteroatoms. The van der Waals surface area contributed by atoms with E-state index in [1.165, 1.54) is 12.1 Å². The third kappa shape index (κ3) is 3.09. The van der Waals surface area contributed by atoms with Crippen LogP contribution in [0.1, 0.15) is 0 Å². The predicted octanol–water partition coefficient (Wildman–Crippen LogP) is 2.59. The minimum absolute atomic E-state index is 0.0942. The van der Waals surface area contributed by atoms with E-state index in [1.807, 2.05) is 12.1 Å². The first kappa shape index (κ1) is 14.5. The van der Waals surface area contributed by atoms with Crippen LogP contribution in [0.5, 0.6) is 0 Å². The summed E-state index contributed by atoms with van der Waals surface area (Å²) in [4.78, 5) is 7.44. The maximum Gasteiger partial charge on any atom is 0.180 e. The fourth-order valence-corrected chi connectivity index (χ4v) is 3.26. The molecule has 0 radical (unpaired) electrons. The number of aromatic nitrogens is 2. The summed E-state index contributed by atoms with van der Waals surface area (Å²) in [6.07, 6.45) is 1.79. The van der Waals surface area contributed by atoms with Crippen LogP contribution in [0, 0.1) is 5.82 Å². The summed E-state index contributed by atoms with van der Waals surface area (Å²) in [5.74, 6) is 0.0491. The van der Waals surface area contributed by atoms with Crippen molar-refractivity contribution < 1.29 is 12.8 Å². The molecule has 0 aliphatic carbocycles. The van der Waals surface area contributed by atoms with Crippen molar-refractivity contribution in [2.75, 3.05) is 17.6 Å². The topological polar surface area (TPSA) is 74.8 Å². The van der Waals surface area contributed by atoms with E-state index in [0.717, 1.165) is 23.2 Å². The van der Waals surface area contributed by atoms with Gasteiger partial charge in [0.2, 0.25) is 0 Å². The Hall–Kier alpha value is -2.41. The fraction of sp³-hybridized carbons (Fsp3) is 0.133. The molecule has 0 aliphatic heterocycles. The normalized spacial score (nSPS) is 11.7. The van der Waals surface area contributed by atoms with Crippen LogP contribution in [0.25, 0.3) is 11.0 Å². The summed E-state index contributed by atoms with van der Waals surface area (Å²) in [7, 11) is -3.44. The molecule has 3 rings (SSSR count). The van der Waals surface area contributed by atoms with E-state index >= 15 is 0 Å². The molecule has 0 atom stereocenters. The highest BCUT2D eigenvalue weighted by molar-refractivity contribution is 7.91. The second-order valence-electron chi connectivity index (χ2n) is 4.81. The van der Waals surface area contributed by atoms with Crippen molar-refractivity contribution in [2.24, 2.45) is 0 Å². The zero-order chi connectivity index (χ0) is 15.6. The molecule has 2 aromatic heterocycles. The van der Waals surface area contributed by atoms with Gasteiger partial charge in [-0.25, -0.2) is 17.8 Å². The Kier molecular flexibility index (Phi) is 3.81. The van der Waals surface area contributed by atoms with E-state index in [4.69, 9.17) is 0 Å². The first-order valence-corrected chi connectivity index (χ1v) is 8.36. The Labute approximate surface area is 127 Å². The first-order valence-electron chi connectivity index (χ1n) is 6.71. The van der Waals surface area contributed by atoms with Gasteiger partial charge in [-0.2, -0.15) is 0 Å². The molecule has 3 aromatic rings. The molecule has 0 aliphatic rings. The fourth-order valence-electron chi connectivity index (χ4n) is 2.10. The van der Waals surface area contributed by atoms with Gasteiger partial charge >= 0.3 is 0 Å². The SMILES string of the molecule is O=S(=O)(CCNc1ccc2cc[nH]c2n1)c1ccc(F)cc1. The van der Waals surface area contributed by atoms with Crippen molar-refractivity contribution in [3.63, 3.8) is 0 Å². The Balaban J connectivity index is 1.65. The summed E-state index contributed by atoms with van der Waals surface area (Å²) in [5.41, 5.74) is 0.742. The number of rotatable bonds is 5. The Morgan fingerprint density at radius 1 is 1.09 bits per heavy atom. The highest BCUT2D eigenvalue weighted by atomic mass is 32.2. The quantitative estimate of drug-likeness (QED) is 0.709. The Morgan fingerprint density at radius 3 is 2.64 bits per heavy atom. The van der Waals surface area contributed by atoms with Gasteiger partial charge in [0.05, 0.1) is 10.6 Å². The molecule has 1 aromatic carbocycles. The van der Waals surface area contributed by atoms with Crippen LogP contribution in [-0.4, -0.2) is 30.7 Å². The van der Waals surface area contributed by atoms with E-state index in [1.54, 1.807) is 12.3 Å². The number of hydrogen-bond donors (Lipinski definition) is 2. The maximum absolute atomic E-state index is 12.8. The zero-order valence-electron chi connectivity index (χ0n) is 11.6. The van der Waals surface area contributed by atoms with Crippen molar-refractivity contribution in [3.05, 3.63) is 54.5 Å². The van der Waals surface area contributed by atoms with Crippen LogP contribution in [0.4, 0.5) is 10.2 Å². The minimum atomic E-state index is -3.44. The number of fused-ring (bicyclic) bond motifs is 1. The summed E-state index contributed by atoms with van der Waals surface area (Å²) >= 11 is 0. The molecule has 2 heterocycles. The van der Waals surface area contributed by atoms with Crippen LogP contribution in [-0.2, 0) is 9.84 Å². The lowest BCUT2D eigenvalue weighted by molar-refractivity contribution is 0.595. The van der Waals surface area contributed by atoms with Crippen molar-refractivity contribution >= 4 is 26.7 Å². The molecule has 0 fully saturated rings. The molecular weight excluding hydrogens is 305 g/mol. The first-order chi connectivity index (χ1) is 10.5. The van der Waals surface area contributed by atoms with Gasteiger partial charge in [0.25, 0.3) is 0 Å². The van der Waals surface area contributed by atoms with Crippen molar-refractivity contribution in [3.8, 4) is 0 Å². The van der Waals surface area contributed by atoms with Crippen molar-refractivity contribution in [1.29, 1.82) is 0 Å². The highest BCUT2D eigenvalue weighted by Gasteiger charge is 2.14. The predicted molar refractivity (Wildman–Crippen MR) is 83.0 cm³/mol. The van der Waals surface area contributed by atoms with Gasteiger partial charge in [0.15, 0.2) is 9.84 Å². The molecule has 0 spiro atoms. The van der Waals surface area contributed by atoms with Gasteiger partial charge in [-0.3, -0.25) is 0 Å². The second kappa shape index (κ2) is 5.76. The smallest absolute Gasteiger partial charge is 0.180 e. The van der Waals surface area contributed by atoms with Crippen molar-refractivity contribution in [1.82, 2.24) is 9.97 Å². The lowest BCUT2D eigenvalue weighted by atomic mass is 10.3. The molecular formula is C15H14FN3O2S. The van der Waals surface area contributed by atoms with Gasteiger partial charge in [-0.1, -0.05) is 0 Å². The Morgan fingerprint density at radius 2 is 1.86 bits per heavy atom. The van der Waals surface area contributed by atoms with Gasteiger partial charge in [0.1, 0.15) is 17.3 Å². The van der Waals surface area contributed by atoms with Crippen LogP contribution < -0.4 is 5.32 Å². The molecule has 0 unspecified atom stereocenters. The summed E-state index contributed by atoms with van der Waals surface area (Å²) < 4.78 is 37.1. The van der Waals surface area contributed by atoms with E-state index in [2.05, 4.69) is 15.3 Å². The molecule has 114 valence electrons. The number of nitrogens with zero attached hydrogens (tertiary/aromatic N) is 1. The highest BCUT2D eigenvalue weighted by Crippen LogP contribution is 2.14. The third-order valence-corrected chi connectivity index (χ3v) is 4.99. The molecule has 5 nitrogen and oxygen atoms in total. The van der Waals surface area contributed by atoms with Crippen LogP contribution >= 0.6 is 0 Å². The van der Waals surface area contributed by atoms with Gasteiger partial charge < -0.3 is 10.3 Å². The summed E-state index contributed by atoms with van der Waals surface area (Å²) in [5, 5.41) is 3.97. The summed E-state index contributed by atoms with van der Waals surface area (Å²) in [6.45, 7) is 0.221. The van der Waals surface area contributed by atoms with Gasteiger partial charge in [-0.05, 0) is 42.5 Å². The number of pyridine rings is 1. The van der Waals surface area contributed by atoms with E-state index in [9.17, 15) is 12.8 Å². The molecule has 0 bridgehead atoms. The largest absolute Gasteiger partial charge is 0.369 e. The number of aromatic amines is 1. The number of nitrogens with one attached hydrogen (secondary N) is 2. The number of halogens is 1.